The second-order valence-electron chi connectivity index (χ2n) is 11.6. The standard InChI is InChI=1S/C34H44N4O6/c1-23(2)18-25(19-31(39)35-21-32(40)43-4)36-34(41)27-20-28(38(37-27)26-14-9-6-10-15-26)33-29(42-3)16-11-17-30(33)44-22-24-12-7-5-8-13-24/h5,7-8,11-13,16-17,20,23,25-26H,6,9-10,14-15,18-19,21-22H2,1-4H3,(H,35,39)(H,36,41)/t25-/m0/s1. The van der Waals surface area contributed by atoms with Gasteiger partial charge in [-0.25, -0.2) is 0 Å². The van der Waals surface area contributed by atoms with Gasteiger partial charge in [0.25, 0.3) is 5.91 Å². The van der Waals surface area contributed by atoms with Crippen molar-refractivity contribution in [1.82, 2.24) is 20.4 Å². The molecule has 4 rings (SSSR count). The highest BCUT2D eigenvalue weighted by molar-refractivity contribution is 5.94. The molecule has 1 atom stereocenters. The maximum absolute atomic E-state index is 13.7. The first-order valence-electron chi connectivity index (χ1n) is 15.4. The summed E-state index contributed by atoms with van der Waals surface area (Å²) in [4.78, 5) is 37.8. The van der Waals surface area contributed by atoms with E-state index < -0.39 is 12.0 Å². The fourth-order valence-electron chi connectivity index (χ4n) is 5.65. The van der Waals surface area contributed by atoms with E-state index in [-0.39, 0.29) is 42.4 Å². The quantitative estimate of drug-likeness (QED) is 0.234. The van der Waals surface area contributed by atoms with Gasteiger partial charge in [-0.15, -0.1) is 0 Å². The average molecular weight is 605 g/mol. The second kappa shape index (κ2) is 15.9. The highest BCUT2D eigenvalue weighted by Crippen LogP contribution is 2.42. The Morgan fingerprint density at radius 3 is 2.39 bits per heavy atom. The lowest BCUT2D eigenvalue weighted by Crippen LogP contribution is -2.41. The van der Waals surface area contributed by atoms with Crippen LogP contribution in [0.2, 0.25) is 0 Å². The molecule has 0 spiro atoms. The molecule has 1 aliphatic rings. The van der Waals surface area contributed by atoms with Crippen molar-refractivity contribution in [1.29, 1.82) is 0 Å². The lowest BCUT2D eigenvalue weighted by atomic mass is 9.95. The molecule has 1 saturated carbocycles. The number of benzene rings is 2. The fraction of sp³-hybridized carbons (Fsp3) is 0.471. The predicted molar refractivity (Wildman–Crippen MR) is 167 cm³/mol. The van der Waals surface area contributed by atoms with Crippen LogP contribution in [0.4, 0.5) is 0 Å². The van der Waals surface area contributed by atoms with E-state index in [0.717, 1.165) is 42.5 Å². The molecule has 2 N–H and O–H groups in total. The number of amides is 2. The first-order chi connectivity index (χ1) is 21.3. The summed E-state index contributed by atoms with van der Waals surface area (Å²) in [5.74, 6) is 0.239. The minimum absolute atomic E-state index is 0.0289. The fourth-order valence-corrected chi connectivity index (χ4v) is 5.65. The van der Waals surface area contributed by atoms with E-state index in [4.69, 9.17) is 14.6 Å². The SMILES string of the molecule is COC(=O)CNC(=O)C[C@H](CC(C)C)NC(=O)c1cc(-c2c(OC)cccc2OCc2ccccc2)n(C2CCCCC2)n1. The Balaban J connectivity index is 1.65. The van der Waals surface area contributed by atoms with Crippen molar-refractivity contribution < 1.29 is 28.6 Å². The molecule has 10 nitrogen and oxygen atoms in total. The first-order valence-corrected chi connectivity index (χ1v) is 15.4. The molecular weight excluding hydrogens is 560 g/mol. The molecule has 44 heavy (non-hydrogen) atoms. The van der Waals surface area contributed by atoms with Crippen LogP contribution in [0, 0.1) is 5.92 Å². The van der Waals surface area contributed by atoms with Gasteiger partial charge in [0.1, 0.15) is 24.7 Å². The number of carbonyl (C=O) groups excluding carboxylic acids is 3. The first kappa shape index (κ1) is 32.6. The average Bonchev–Trinajstić information content (AvgIpc) is 3.48. The number of nitrogens with one attached hydrogen (secondary N) is 2. The zero-order valence-corrected chi connectivity index (χ0v) is 26.1. The number of ether oxygens (including phenoxy) is 3. The molecule has 3 aromatic rings. The number of carbonyl (C=O) groups is 3. The molecule has 0 saturated heterocycles. The summed E-state index contributed by atoms with van der Waals surface area (Å²) in [5.41, 5.74) is 2.78. The summed E-state index contributed by atoms with van der Waals surface area (Å²) < 4.78 is 18.7. The Labute approximate surface area is 259 Å². The molecule has 1 aliphatic carbocycles. The molecule has 0 radical (unpaired) electrons. The molecule has 1 aromatic heterocycles. The van der Waals surface area contributed by atoms with Crippen LogP contribution in [0.3, 0.4) is 0 Å². The summed E-state index contributed by atoms with van der Waals surface area (Å²) in [6.45, 7) is 4.21. The summed E-state index contributed by atoms with van der Waals surface area (Å²) in [6, 6.07) is 17.1. The number of hydrogen-bond acceptors (Lipinski definition) is 7. The van der Waals surface area contributed by atoms with Gasteiger partial charge in [-0.3, -0.25) is 19.1 Å². The van der Waals surface area contributed by atoms with Gasteiger partial charge in [0.15, 0.2) is 5.69 Å². The predicted octanol–water partition coefficient (Wildman–Crippen LogP) is 5.47. The van der Waals surface area contributed by atoms with Crippen LogP contribution in [0.1, 0.15) is 80.9 Å². The van der Waals surface area contributed by atoms with Crippen molar-refractivity contribution in [2.75, 3.05) is 20.8 Å². The Kier molecular flexibility index (Phi) is 11.8. The zero-order valence-electron chi connectivity index (χ0n) is 26.1. The Bertz CT molecular complexity index is 1400. The minimum Gasteiger partial charge on any atom is -0.496 e. The topological polar surface area (TPSA) is 121 Å². The highest BCUT2D eigenvalue weighted by atomic mass is 16.5. The van der Waals surface area contributed by atoms with E-state index >= 15 is 0 Å². The lowest BCUT2D eigenvalue weighted by molar-refractivity contribution is -0.141. The molecule has 2 amide bonds. The zero-order chi connectivity index (χ0) is 31.5. The normalized spacial score (nSPS) is 14.1. The highest BCUT2D eigenvalue weighted by Gasteiger charge is 2.28. The van der Waals surface area contributed by atoms with E-state index in [0.29, 0.717) is 24.5 Å². The number of rotatable bonds is 14. The van der Waals surface area contributed by atoms with Crippen LogP contribution in [0.15, 0.2) is 54.6 Å². The molecule has 0 aliphatic heterocycles. The Morgan fingerprint density at radius 2 is 1.70 bits per heavy atom. The molecule has 1 fully saturated rings. The van der Waals surface area contributed by atoms with E-state index in [1.165, 1.54) is 13.5 Å². The third kappa shape index (κ3) is 8.84. The van der Waals surface area contributed by atoms with Gasteiger partial charge in [-0.05, 0) is 48.9 Å². The number of hydrogen-bond donors (Lipinski definition) is 2. The van der Waals surface area contributed by atoms with Crippen molar-refractivity contribution in [3.05, 3.63) is 65.9 Å². The summed E-state index contributed by atoms with van der Waals surface area (Å²) >= 11 is 0. The van der Waals surface area contributed by atoms with Gasteiger partial charge in [0.05, 0.1) is 31.5 Å². The molecule has 236 valence electrons. The van der Waals surface area contributed by atoms with Crippen molar-refractivity contribution in [3.8, 4) is 22.8 Å². The third-order valence-electron chi connectivity index (χ3n) is 7.77. The largest absolute Gasteiger partial charge is 0.496 e. The third-order valence-corrected chi connectivity index (χ3v) is 7.77. The van der Waals surface area contributed by atoms with Gasteiger partial charge < -0.3 is 24.8 Å². The van der Waals surface area contributed by atoms with Crippen molar-refractivity contribution in [2.24, 2.45) is 5.92 Å². The van der Waals surface area contributed by atoms with Crippen LogP contribution >= 0.6 is 0 Å². The van der Waals surface area contributed by atoms with Crippen LogP contribution in [-0.2, 0) is 20.9 Å². The van der Waals surface area contributed by atoms with Crippen molar-refractivity contribution >= 4 is 17.8 Å². The molecular formula is C34H44N4O6. The minimum atomic E-state index is -0.535. The second-order valence-corrected chi connectivity index (χ2v) is 11.6. The number of nitrogens with zero attached hydrogens (tertiary/aromatic N) is 2. The maximum atomic E-state index is 13.7. The van der Waals surface area contributed by atoms with Gasteiger partial charge in [-0.2, -0.15) is 5.10 Å². The maximum Gasteiger partial charge on any atom is 0.325 e. The lowest BCUT2D eigenvalue weighted by Gasteiger charge is -2.25. The summed E-state index contributed by atoms with van der Waals surface area (Å²) in [5, 5.41) is 10.4. The number of methoxy groups -OCH3 is 2. The molecule has 0 unspecified atom stereocenters. The van der Waals surface area contributed by atoms with Gasteiger partial charge >= 0.3 is 5.97 Å². The van der Waals surface area contributed by atoms with E-state index in [1.807, 2.05) is 67.1 Å². The van der Waals surface area contributed by atoms with E-state index in [2.05, 4.69) is 15.4 Å². The molecule has 10 heteroatoms. The number of aromatic nitrogens is 2. The van der Waals surface area contributed by atoms with Crippen LogP contribution in [-0.4, -0.2) is 54.4 Å². The van der Waals surface area contributed by atoms with Crippen LogP contribution in [0.25, 0.3) is 11.3 Å². The van der Waals surface area contributed by atoms with E-state index in [9.17, 15) is 14.4 Å². The number of esters is 1. The summed E-state index contributed by atoms with van der Waals surface area (Å²) in [6.07, 6.45) is 5.88. The molecule has 0 bridgehead atoms. The Hall–Kier alpha value is -4.34. The molecule has 2 aromatic carbocycles. The van der Waals surface area contributed by atoms with Crippen LogP contribution < -0.4 is 20.1 Å². The van der Waals surface area contributed by atoms with E-state index in [1.54, 1.807) is 13.2 Å². The molecule has 1 heterocycles. The van der Waals surface area contributed by atoms with Gasteiger partial charge in [0.2, 0.25) is 5.91 Å². The van der Waals surface area contributed by atoms with Crippen molar-refractivity contribution in [3.63, 3.8) is 0 Å². The van der Waals surface area contributed by atoms with Gasteiger partial charge in [0, 0.05) is 12.5 Å². The van der Waals surface area contributed by atoms with Gasteiger partial charge in [-0.1, -0.05) is 69.5 Å². The van der Waals surface area contributed by atoms with Crippen molar-refractivity contribution in [2.45, 2.75) is 77.5 Å². The Morgan fingerprint density at radius 1 is 0.977 bits per heavy atom. The summed E-state index contributed by atoms with van der Waals surface area (Å²) in [7, 11) is 2.89. The monoisotopic (exact) mass is 604 g/mol. The smallest absolute Gasteiger partial charge is 0.325 e. The van der Waals surface area contributed by atoms with Crippen LogP contribution in [0.5, 0.6) is 11.5 Å².